The molecule has 0 amide bonds. The molecular weight excluding hydrogens is 571 g/mol. The van der Waals surface area contributed by atoms with Crippen molar-refractivity contribution in [1.82, 2.24) is 0 Å². The van der Waals surface area contributed by atoms with Crippen LogP contribution in [0.25, 0.3) is 33.0 Å². The average molecular weight is 614 g/mol. The third-order valence-corrected chi connectivity index (χ3v) is 14.7. The number of hydrogen-bond donors (Lipinski definition) is 0. The molecule has 1 aliphatic carbocycles. The second-order valence-electron chi connectivity index (χ2n) is 15.3. The first-order valence-corrected chi connectivity index (χ1v) is 19.8. The molecule has 0 fully saturated rings. The molecule has 0 atom stereocenters. The van der Waals surface area contributed by atoms with Crippen molar-refractivity contribution in [3.8, 4) is 22.3 Å². The Bertz CT molecular complexity index is 2140. The van der Waals surface area contributed by atoms with Gasteiger partial charge in [-0.1, -0.05) is 138 Å². The van der Waals surface area contributed by atoms with Crippen LogP contribution in [0.15, 0.2) is 127 Å². The SMILES string of the molecule is CC1(C)CCC(C)(C)c2cc(-c3cccc(N(c4ccc5c(c4)[Si](C)(C)c4ccccc4-5)c4cccc5ccccc45)c3)ccc21. The Morgan fingerprint density at radius 1 is 0.522 bits per heavy atom. The van der Waals surface area contributed by atoms with Crippen LogP contribution in [-0.4, -0.2) is 8.07 Å². The van der Waals surface area contributed by atoms with Crippen LogP contribution in [0.5, 0.6) is 0 Å². The highest BCUT2D eigenvalue weighted by atomic mass is 28.3. The van der Waals surface area contributed by atoms with Crippen LogP contribution in [-0.2, 0) is 10.8 Å². The fourth-order valence-corrected chi connectivity index (χ4v) is 11.3. The van der Waals surface area contributed by atoms with Gasteiger partial charge in [-0.05, 0) is 103 Å². The molecule has 0 N–H and O–H groups in total. The zero-order valence-corrected chi connectivity index (χ0v) is 29.0. The van der Waals surface area contributed by atoms with Gasteiger partial charge in [0, 0.05) is 16.8 Å². The van der Waals surface area contributed by atoms with E-state index in [0.717, 1.165) is 0 Å². The van der Waals surface area contributed by atoms with Crippen LogP contribution in [0.1, 0.15) is 51.7 Å². The van der Waals surface area contributed by atoms with Gasteiger partial charge in [0.15, 0.2) is 0 Å². The number of benzene rings is 6. The van der Waals surface area contributed by atoms with Gasteiger partial charge in [-0.15, -0.1) is 0 Å². The Balaban J connectivity index is 1.31. The summed E-state index contributed by atoms with van der Waals surface area (Å²) in [7, 11) is -1.84. The maximum absolute atomic E-state index is 2.50. The van der Waals surface area contributed by atoms with E-state index in [9.17, 15) is 0 Å². The molecule has 0 radical (unpaired) electrons. The molecule has 0 aromatic heterocycles. The molecule has 6 aromatic rings. The molecule has 0 saturated carbocycles. The van der Waals surface area contributed by atoms with Crippen LogP contribution in [0.4, 0.5) is 17.1 Å². The third-order valence-electron chi connectivity index (χ3n) is 11.1. The monoisotopic (exact) mass is 613 g/mol. The Kier molecular flexibility index (Phi) is 6.50. The van der Waals surface area contributed by atoms with Crippen molar-refractivity contribution in [2.24, 2.45) is 0 Å². The largest absolute Gasteiger partial charge is 0.310 e. The summed E-state index contributed by atoms with van der Waals surface area (Å²) in [5, 5.41) is 5.57. The van der Waals surface area contributed by atoms with Crippen molar-refractivity contribution in [1.29, 1.82) is 0 Å². The summed E-state index contributed by atoms with van der Waals surface area (Å²) in [4.78, 5) is 2.49. The van der Waals surface area contributed by atoms with Crippen molar-refractivity contribution in [3.63, 3.8) is 0 Å². The number of hydrogen-bond acceptors (Lipinski definition) is 1. The van der Waals surface area contributed by atoms with E-state index in [2.05, 4.69) is 173 Å². The van der Waals surface area contributed by atoms with Gasteiger partial charge in [0.25, 0.3) is 0 Å². The third kappa shape index (κ3) is 4.49. The zero-order chi connectivity index (χ0) is 31.8. The van der Waals surface area contributed by atoms with Crippen LogP contribution in [0, 0.1) is 0 Å². The second kappa shape index (κ2) is 10.3. The Hall–Kier alpha value is -4.40. The second-order valence-corrected chi connectivity index (χ2v) is 19.6. The minimum atomic E-state index is -1.84. The number of anilines is 3. The maximum Gasteiger partial charge on any atom is 0.113 e. The van der Waals surface area contributed by atoms with E-state index in [-0.39, 0.29) is 10.8 Å². The summed E-state index contributed by atoms with van der Waals surface area (Å²) < 4.78 is 0. The van der Waals surface area contributed by atoms with Gasteiger partial charge in [0.2, 0.25) is 0 Å². The molecule has 8 rings (SSSR count). The van der Waals surface area contributed by atoms with Crippen LogP contribution in [0.2, 0.25) is 13.1 Å². The average Bonchev–Trinajstić information content (AvgIpc) is 3.29. The van der Waals surface area contributed by atoms with E-state index in [0.29, 0.717) is 0 Å². The topological polar surface area (TPSA) is 3.24 Å². The number of fused-ring (bicyclic) bond motifs is 5. The Labute approximate surface area is 275 Å². The van der Waals surface area contributed by atoms with E-state index in [1.165, 1.54) is 79.2 Å². The zero-order valence-electron chi connectivity index (χ0n) is 28.0. The normalized spacial score (nSPS) is 16.8. The standard InChI is InChI=1S/C44H43NSi/c1-43(2)25-26-44(3,4)39-28-32(21-24-38(39)43)31-15-11-16-33(27-31)45(40-19-12-14-30-13-7-8-17-35(30)40)34-22-23-37-36-18-9-10-20-41(36)46(5,6)42(37)29-34/h7-24,27-29H,25-26H2,1-6H3. The Morgan fingerprint density at radius 3 is 2.02 bits per heavy atom. The molecule has 2 aliphatic rings. The van der Waals surface area contributed by atoms with Crippen molar-refractivity contribution in [3.05, 3.63) is 139 Å². The first kappa shape index (κ1) is 29.0. The molecule has 1 aliphatic heterocycles. The summed E-state index contributed by atoms with van der Waals surface area (Å²) in [6.45, 7) is 14.7. The molecular formula is C44H43NSi. The highest BCUT2D eigenvalue weighted by Gasteiger charge is 2.38. The minimum Gasteiger partial charge on any atom is -0.310 e. The summed E-state index contributed by atoms with van der Waals surface area (Å²) in [5.41, 5.74) is 12.4. The van der Waals surface area contributed by atoms with Crippen molar-refractivity contribution in [2.75, 3.05) is 4.90 Å². The first-order chi connectivity index (χ1) is 22.0. The van der Waals surface area contributed by atoms with E-state index in [1.807, 2.05) is 0 Å². The van der Waals surface area contributed by atoms with Gasteiger partial charge in [0.1, 0.15) is 8.07 Å². The lowest BCUT2D eigenvalue weighted by molar-refractivity contribution is 0.332. The lowest BCUT2D eigenvalue weighted by Crippen LogP contribution is -2.49. The molecule has 0 unspecified atom stereocenters. The first-order valence-electron chi connectivity index (χ1n) is 16.8. The van der Waals surface area contributed by atoms with E-state index in [4.69, 9.17) is 0 Å². The molecule has 2 heteroatoms. The molecule has 0 bridgehead atoms. The van der Waals surface area contributed by atoms with Crippen LogP contribution < -0.4 is 15.3 Å². The number of rotatable bonds is 4. The molecule has 228 valence electrons. The van der Waals surface area contributed by atoms with E-state index >= 15 is 0 Å². The van der Waals surface area contributed by atoms with Gasteiger partial charge in [-0.2, -0.15) is 0 Å². The quantitative estimate of drug-likeness (QED) is 0.179. The smallest absolute Gasteiger partial charge is 0.113 e. The molecule has 1 heterocycles. The fraction of sp³-hybridized carbons (Fsp3) is 0.227. The number of nitrogens with zero attached hydrogens (tertiary/aromatic N) is 1. The summed E-state index contributed by atoms with van der Waals surface area (Å²) >= 11 is 0. The summed E-state index contributed by atoms with van der Waals surface area (Å²) in [6, 6.07) is 48.2. The van der Waals surface area contributed by atoms with Crippen molar-refractivity contribution >= 4 is 46.3 Å². The summed E-state index contributed by atoms with van der Waals surface area (Å²) in [5.74, 6) is 0. The molecule has 0 saturated heterocycles. The minimum absolute atomic E-state index is 0.173. The summed E-state index contributed by atoms with van der Waals surface area (Å²) in [6.07, 6.45) is 2.44. The van der Waals surface area contributed by atoms with Crippen molar-refractivity contribution < 1.29 is 0 Å². The van der Waals surface area contributed by atoms with E-state index in [1.54, 1.807) is 5.19 Å². The molecule has 1 nitrogen and oxygen atoms in total. The molecule has 6 aromatic carbocycles. The van der Waals surface area contributed by atoms with Gasteiger partial charge in [-0.3, -0.25) is 0 Å². The predicted molar refractivity (Wildman–Crippen MR) is 202 cm³/mol. The molecule has 46 heavy (non-hydrogen) atoms. The lowest BCUT2D eigenvalue weighted by Gasteiger charge is -2.42. The van der Waals surface area contributed by atoms with E-state index < -0.39 is 8.07 Å². The highest BCUT2D eigenvalue weighted by molar-refractivity contribution is 7.03. The predicted octanol–water partition coefficient (Wildman–Crippen LogP) is 11.1. The molecule has 0 spiro atoms. The highest BCUT2D eigenvalue weighted by Crippen LogP contribution is 2.47. The lowest BCUT2D eigenvalue weighted by atomic mass is 9.63. The van der Waals surface area contributed by atoms with Gasteiger partial charge < -0.3 is 4.90 Å². The fourth-order valence-electron chi connectivity index (χ4n) is 8.25. The van der Waals surface area contributed by atoms with Crippen LogP contribution >= 0.6 is 0 Å². The van der Waals surface area contributed by atoms with Gasteiger partial charge >= 0.3 is 0 Å². The van der Waals surface area contributed by atoms with Crippen LogP contribution in [0.3, 0.4) is 0 Å². The Morgan fingerprint density at radius 2 is 1.17 bits per heavy atom. The van der Waals surface area contributed by atoms with Gasteiger partial charge in [0.05, 0.1) is 5.69 Å². The van der Waals surface area contributed by atoms with Gasteiger partial charge in [-0.25, -0.2) is 0 Å². The maximum atomic E-state index is 2.50. The van der Waals surface area contributed by atoms with Crippen molar-refractivity contribution in [2.45, 2.75) is 64.5 Å².